The van der Waals surface area contributed by atoms with E-state index in [0.717, 1.165) is 18.7 Å². The smallest absolute Gasteiger partial charge is 0.120 e. The average Bonchev–Trinajstić information content (AvgIpc) is 2.58. The van der Waals surface area contributed by atoms with Gasteiger partial charge in [0.05, 0.1) is 0 Å². The van der Waals surface area contributed by atoms with E-state index in [0.29, 0.717) is 0 Å². The Morgan fingerprint density at radius 1 is 1.57 bits per heavy atom. The lowest BCUT2D eigenvalue weighted by molar-refractivity contribution is 0.701. The highest BCUT2D eigenvalue weighted by atomic mass is 15.0. The van der Waals surface area contributed by atoms with Gasteiger partial charge < -0.3 is 4.57 Å². The van der Waals surface area contributed by atoms with Gasteiger partial charge >= 0.3 is 0 Å². The number of hydrogen-bond donors (Lipinski definition) is 0. The number of hydrogen-bond acceptors (Lipinski definition) is 1. The van der Waals surface area contributed by atoms with Crippen LogP contribution in [0.15, 0.2) is 24.8 Å². The van der Waals surface area contributed by atoms with Crippen LogP contribution < -0.4 is 0 Å². The summed E-state index contributed by atoms with van der Waals surface area (Å²) < 4.78 is 2.03. The Kier molecular flexibility index (Phi) is 4.00. The second-order valence-electron chi connectivity index (χ2n) is 3.32. The lowest BCUT2D eigenvalue weighted by atomic mass is 10.2. The first-order valence-corrected chi connectivity index (χ1v) is 5.02. The van der Waals surface area contributed by atoms with E-state index in [1.807, 2.05) is 22.8 Å². The second-order valence-corrected chi connectivity index (χ2v) is 3.32. The van der Waals surface area contributed by atoms with Gasteiger partial charge in [0, 0.05) is 12.2 Å². The summed E-state index contributed by atoms with van der Waals surface area (Å²) >= 11 is 0. The van der Waals surface area contributed by atoms with Gasteiger partial charge in [0.2, 0.25) is 0 Å². The molecule has 0 bridgehead atoms. The van der Waals surface area contributed by atoms with Crippen molar-refractivity contribution in [1.29, 1.82) is 5.26 Å². The molecule has 0 spiro atoms. The van der Waals surface area contributed by atoms with Crippen molar-refractivity contribution in [2.45, 2.75) is 32.7 Å². The Balaban J connectivity index is 2.87. The van der Waals surface area contributed by atoms with Crippen LogP contribution in [0, 0.1) is 11.3 Å². The van der Waals surface area contributed by atoms with Gasteiger partial charge in [-0.15, -0.1) is 6.58 Å². The van der Waals surface area contributed by atoms with Crippen molar-refractivity contribution in [3.63, 3.8) is 0 Å². The standard InChI is InChI=1S/C12H16N2/c1-3-5-6-11-7-8-12(10-13)14(11)9-4-2/h4,7-8H,2-3,5-6,9H2,1H3. The minimum absolute atomic E-state index is 0.731. The van der Waals surface area contributed by atoms with Crippen molar-refractivity contribution in [2.24, 2.45) is 0 Å². The molecule has 0 aliphatic heterocycles. The molecule has 0 aliphatic carbocycles. The van der Waals surface area contributed by atoms with Crippen LogP contribution in [0.3, 0.4) is 0 Å². The van der Waals surface area contributed by atoms with Gasteiger partial charge in [-0.05, 0) is 25.0 Å². The number of allylic oxidation sites excluding steroid dienone is 1. The van der Waals surface area contributed by atoms with Crippen molar-refractivity contribution in [2.75, 3.05) is 0 Å². The molecule has 0 amide bonds. The Morgan fingerprint density at radius 2 is 2.36 bits per heavy atom. The van der Waals surface area contributed by atoms with Crippen LogP contribution >= 0.6 is 0 Å². The van der Waals surface area contributed by atoms with Crippen LogP contribution in [0.1, 0.15) is 31.2 Å². The van der Waals surface area contributed by atoms with E-state index in [-0.39, 0.29) is 0 Å². The molecule has 14 heavy (non-hydrogen) atoms. The van der Waals surface area contributed by atoms with E-state index in [9.17, 15) is 0 Å². The van der Waals surface area contributed by atoms with E-state index in [2.05, 4.69) is 19.6 Å². The predicted octanol–water partition coefficient (Wildman–Crippen LogP) is 2.89. The summed E-state index contributed by atoms with van der Waals surface area (Å²) in [5, 5.41) is 8.88. The highest BCUT2D eigenvalue weighted by Crippen LogP contribution is 2.11. The maximum atomic E-state index is 8.88. The molecule has 0 saturated heterocycles. The first kappa shape index (κ1) is 10.6. The van der Waals surface area contributed by atoms with E-state index >= 15 is 0 Å². The maximum absolute atomic E-state index is 8.88. The summed E-state index contributed by atoms with van der Waals surface area (Å²) in [5.41, 5.74) is 1.97. The zero-order chi connectivity index (χ0) is 10.4. The Morgan fingerprint density at radius 3 is 2.93 bits per heavy atom. The summed E-state index contributed by atoms with van der Waals surface area (Å²) in [6, 6.07) is 6.12. The van der Waals surface area contributed by atoms with Gasteiger partial charge in [-0.2, -0.15) is 5.26 Å². The van der Waals surface area contributed by atoms with Crippen LogP contribution in [0.4, 0.5) is 0 Å². The van der Waals surface area contributed by atoms with E-state index in [4.69, 9.17) is 5.26 Å². The predicted molar refractivity (Wildman–Crippen MR) is 58.0 cm³/mol. The van der Waals surface area contributed by atoms with Crippen molar-refractivity contribution in [1.82, 2.24) is 4.57 Å². The third-order valence-electron chi connectivity index (χ3n) is 2.28. The molecular weight excluding hydrogens is 172 g/mol. The van der Waals surface area contributed by atoms with Crippen molar-refractivity contribution >= 4 is 0 Å². The molecular formula is C12H16N2. The number of rotatable bonds is 5. The van der Waals surface area contributed by atoms with Gasteiger partial charge in [0.25, 0.3) is 0 Å². The maximum Gasteiger partial charge on any atom is 0.120 e. The minimum Gasteiger partial charge on any atom is -0.333 e. The fraction of sp³-hybridized carbons (Fsp3) is 0.417. The molecule has 0 fully saturated rings. The van der Waals surface area contributed by atoms with Crippen molar-refractivity contribution in [3.8, 4) is 6.07 Å². The first-order chi connectivity index (χ1) is 6.83. The Bertz CT molecular complexity index is 342. The van der Waals surface area contributed by atoms with E-state index in [1.54, 1.807) is 0 Å². The second kappa shape index (κ2) is 5.29. The van der Waals surface area contributed by atoms with Crippen LogP contribution in [0.5, 0.6) is 0 Å². The molecule has 1 rings (SSSR count). The fourth-order valence-corrected chi connectivity index (χ4v) is 1.53. The number of nitriles is 1. The number of aromatic nitrogens is 1. The highest BCUT2D eigenvalue weighted by molar-refractivity contribution is 5.27. The van der Waals surface area contributed by atoms with Gasteiger partial charge in [-0.25, -0.2) is 0 Å². The molecule has 2 nitrogen and oxygen atoms in total. The number of nitrogens with zero attached hydrogens (tertiary/aromatic N) is 2. The molecule has 0 saturated carbocycles. The minimum atomic E-state index is 0.731. The van der Waals surface area contributed by atoms with Crippen molar-refractivity contribution in [3.05, 3.63) is 36.2 Å². The quantitative estimate of drug-likeness (QED) is 0.653. The van der Waals surface area contributed by atoms with Gasteiger partial charge in [-0.3, -0.25) is 0 Å². The monoisotopic (exact) mass is 188 g/mol. The SMILES string of the molecule is C=CCn1c(C#N)ccc1CCCC. The third kappa shape index (κ3) is 2.26. The van der Waals surface area contributed by atoms with Gasteiger partial charge in [0.1, 0.15) is 11.8 Å². The lowest BCUT2D eigenvalue weighted by Gasteiger charge is -2.06. The summed E-state index contributed by atoms with van der Waals surface area (Å²) in [6.07, 6.45) is 5.23. The zero-order valence-corrected chi connectivity index (χ0v) is 8.66. The van der Waals surface area contributed by atoms with E-state index in [1.165, 1.54) is 18.5 Å². The number of aryl methyl sites for hydroxylation is 1. The van der Waals surface area contributed by atoms with Crippen LogP contribution in [0.2, 0.25) is 0 Å². The molecule has 1 aromatic rings. The summed E-state index contributed by atoms with van der Waals surface area (Å²) in [5.74, 6) is 0. The van der Waals surface area contributed by atoms with Gasteiger partial charge in [-0.1, -0.05) is 19.4 Å². The van der Waals surface area contributed by atoms with Crippen molar-refractivity contribution < 1.29 is 0 Å². The molecule has 0 radical (unpaired) electrons. The summed E-state index contributed by atoms with van der Waals surface area (Å²) in [7, 11) is 0. The van der Waals surface area contributed by atoms with Crippen LogP contribution in [-0.2, 0) is 13.0 Å². The molecule has 74 valence electrons. The molecule has 0 aliphatic rings. The normalized spacial score (nSPS) is 9.71. The number of unbranched alkanes of at least 4 members (excludes halogenated alkanes) is 1. The van der Waals surface area contributed by atoms with Crippen LogP contribution in [-0.4, -0.2) is 4.57 Å². The van der Waals surface area contributed by atoms with Gasteiger partial charge in [0.15, 0.2) is 0 Å². The fourth-order valence-electron chi connectivity index (χ4n) is 1.53. The zero-order valence-electron chi connectivity index (χ0n) is 8.66. The molecule has 1 heterocycles. The Labute approximate surface area is 85.5 Å². The van der Waals surface area contributed by atoms with Crippen LogP contribution in [0.25, 0.3) is 0 Å². The topological polar surface area (TPSA) is 28.7 Å². The lowest BCUT2D eigenvalue weighted by Crippen LogP contribution is -2.03. The van der Waals surface area contributed by atoms with E-state index < -0.39 is 0 Å². The third-order valence-corrected chi connectivity index (χ3v) is 2.28. The summed E-state index contributed by atoms with van der Waals surface area (Å²) in [4.78, 5) is 0. The molecule has 0 N–H and O–H groups in total. The molecule has 0 unspecified atom stereocenters. The largest absolute Gasteiger partial charge is 0.333 e. The summed E-state index contributed by atoms with van der Waals surface area (Å²) in [6.45, 7) is 6.61. The Hall–Kier alpha value is -1.49. The molecule has 2 heteroatoms. The highest BCUT2D eigenvalue weighted by Gasteiger charge is 2.05. The first-order valence-electron chi connectivity index (χ1n) is 5.02. The molecule has 0 aromatic carbocycles. The molecule has 1 aromatic heterocycles. The molecule has 0 atom stereocenters. The average molecular weight is 188 g/mol.